The molecule has 104 valence electrons. The van der Waals surface area contributed by atoms with Crippen molar-refractivity contribution in [2.24, 2.45) is 5.73 Å². The third-order valence-electron chi connectivity index (χ3n) is 2.87. The molecule has 0 unspecified atom stereocenters. The molecule has 0 saturated carbocycles. The SMILES string of the molecule is COc1ccc(CC(N)=O)cc1-c1ccc(F)c(Cl)c1. The maximum Gasteiger partial charge on any atom is 0.221 e. The van der Waals surface area contributed by atoms with E-state index in [2.05, 4.69) is 0 Å². The second kappa shape index (κ2) is 5.92. The van der Waals surface area contributed by atoms with Gasteiger partial charge in [0.1, 0.15) is 11.6 Å². The number of hydrogen-bond acceptors (Lipinski definition) is 2. The van der Waals surface area contributed by atoms with E-state index in [4.69, 9.17) is 22.1 Å². The van der Waals surface area contributed by atoms with Gasteiger partial charge in [-0.25, -0.2) is 4.39 Å². The average molecular weight is 294 g/mol. The Morgan fingerprint density at radius 1 is 1.30 bits per heavy atom. The number of ether oxygens (including phenoxy) is 1. The van der Waals surface area contributed by atoms with E-state index in [0.717, 1.165) is 11.1 Å². The molecule has 0 spiro atoms. The molecule has 0 aliphatic rings. The second-order valence-corrected chi connectivity index (χ2v) is 4.71. The Morgan fingerprint density at radius 2 is 2.05 bits per heavy atom. The van der Waals surface area contributed by atoms with Crippen LogP contribution < -0.4 is 10.5 Å². The summed E-state index contributed by atoms with van der Waals surface area (Å²) < 4.78 is 18.5. The highest BCUT2D eigenvalue weighted by molar-refractivity contribution is 6.31. The number of amides is 1. The number of primary amides is 1. The zero-order chi connectivity index (χ0) is 14.7. The van der Waals surface area contributed by atoms with Gasteiger partial charge in [0, 0.05) is 5.56 Å². The molecule has 0 heterocycles. The van der Waals surface area contributed by atoms with Crippen LogP contribution in [0.25, 0.3) is 11.1 Å². The smallest absolute Gasteiger partial charge is 0.221 e. The van der Waals surface area contributed by atoms with E-state index in [-0.39, 0.29) is 11.4 Å². The number of rotatable bonds is 4. The Balaban J connectivity index is 2.51. The van der Waals surface area contributed by atoms with Crippen LogP contribution in [-0.4, -0.2) is 13.0 Å². The summed E-state index contributed by atoms with van der Waals surface area (Å²) in [5, 5.41) is 0.0323. The lowest BCUT2D eigenvalue weighted by molar-refractivity contribution is -0.117. The number of benzene rings is 2. The number of hydrogen-bond donors (Lipinski definition) is 1. The first-order chi connectivity index (χ1) is 9.51. The fourth-order valence-electron chi connectivity index (χ4n) is 1.96. The van der Waals surface area contributed by atoms with Crippen LogP contribution in [0.2, 0.25) is 5.02 Å². The molecule has 0 aliphatic carbocycles. The Labute approximate surface area is 121 Å². The molecule has 5 heteroatoms. The van der Waals surface area contributed by atoms with Crippen molar-refractivity contribution in [3.63, 3.8) is 0 Å². The number of carbonyl (C=O) groups excluding carboxylic acids is 1. The highest BCUT2D eigenvalue weighted by Gasteiger charge is 2.10. The molecule has 0 fully saturated rings. The molecule has 2 aromatic carbocycles. The molecule has 0 bridgehead atoms. The molecule has 0 atom stereocenters. The predicted molar refractivity (Wildman–Crippen MR) is 76.3 cm³/mol. The quantitative estimate of drug-likeness (QED) is 0.941. The topological polar surface area (TPSA) is 52.3 Å². The number of methoxy groups -OCH3 is 1. The highest BCUT2D eigenvalue weighted by atomic mass is 35.5. The van der Waals surface area contributed by atoms with Crippen LogP contribution >= 0.6 is 11.6 Å². The van der Waals surface area contributed by atoms with Crippen molar-refractivity contribution in [1.29, 1.82) is 0 Å². The van der Waals surface area contributed by atoms with Gasteiger partial charge in [-0.1, -0.05) is 23.7 Å². The van der Waals surface area contributed by atoms with Crippen LogP contribution in [0.1, 0.15) is 5.56 Å². The van der Waals surface area contributed by atoms with Gasteiger partial charge in [-0.3, -0.25) is 4.79 Å². The molecular weight excluding hydrogens is 281 g/mol. The third-order valence-corrected chi connectivity index (χ3v) is 3.16. The van der Waals surface area contributed by atoms with Crippen molar-refractivity contribution in [2.75, 3.05) is 7.11 Å². The molecule has 2 aromatic rings. The second-order valence-electron chi connectivity index (χ2n) is 4.31. The summed E-state index contributed by atoms with van der Waals surface area (Å²) in [5.41, 5.74) is 7.38. The van der Waals surface area contributed by atoms with E-state index >= 15 is 0 Å². The summed E-state index contributed by atoms with van der Waals surface area (Å²) in [5.74, 6) is -0.290. The summed E-state index contributed by atoms with van der Waals surface area (Å²) in [6.07, 6.45) is 0.131. The Morgan fingerprint density at radius 3 is 2.65 bits per heavy atom. The number of halogens is 2. The lowest BCUT2D eigenvalue weighted by atomic mass is 10.0. The normalized spacial score (nSPS) is 10.3. The van der Waals surface area contributed by atoms with Gasteiger partial charge in [0.15, 0.2) is 0 Å². The summed E-state index contributed by atoms with van der Waals surface area (Å²) in [6.45, 7) is 0. The molecule has 0 saturated heterocycles. The summed E-state index contributed by atoms with van der Waals surface area (Å²) in [6, 6.07) is 9.70. The van der Waals surface area contributed by atoms with Gasteiger partial charge in [0.05, 0.1) is 18.6 Å². The van der Waals surface area contributed by atoms with Crippen molar-refractivity contribution in [2.45, 2.75) is 6.42 Å². The Bertz CT molecular complexity index is 658. The first-order valence-corrected chi connectivity index (χ1v) is 6.29. The zero-order valence-electron chi connectivity index (χ0n) is 10.8. The van der Waals surface area contributed by atoms with Gasteiger partial charge in [-0.05, 0) is 35.4 Å². The minimum atomic E-state index is -0.484. The first kappa shape index (κ1) is 14.3. The molecule has 2 N–H and O–H groups in total. The average Bonchev–Trinajstić information content (AvgIpc) is 2.41. The fraction of sp³-hybridized carbons (Fsp3) is 0.133. The largest absolute Gasteiger partial charge is 0.496 e. The van der Waals surface area contributed by atoms with Crippen molar-refractivity contribution in [3.8, 4) is 16.9 Å². The summed E-state index contributed by atoms with van der Waals surface area (Å²) in [4.78, 5) is 11.0. The van der Waals surface area contributed by atoms with Gasteiger partial charge < -0.3 is 10.5 Å². The Kier molecular flexibility index (Phi) is 4.25. The van der Waals surface area contributed by atoms with Crippen LogP contribution in [-0.2, 0) is 11.2 Å². The fourth-order valence-corrected chi connectivity index (χ4v) is 2.14. The molecular formula is C15H13ClFNO2. The maximum absolute atomic E-state index is 13.2. The van der Waals surface area contributed by atoms with Crippen LogP contribution in [0.15, 0.2) is 36.4 Å². The molecule has 1 amide bonds. The predicted octanol–water partition coefficient (Wildman–Crippen LogP) is 3.18. The highest BCUT2D eigenvalue weighted by Crippen LogP contribution is 2.33. The maximum atomic E-state index is 13.2. The van der Waals surface area contributed by atoms with E-state index in [1.807, 2.05) is 0 Å². The Hall–Kier alpha value is -2.07. The van der Waals surface area contributed by atoms with E-state index in [1.165, 1.54) is 19.2 Å². The van der Waals surface area contributed by atoms with Crippen LogP contribution in [0.5, 0.6) is 5.75 Å². The molecule has 3 nitrogen and oxygen atoms in total. The van der Waals surface area contributed by atoms with E-state index < -0.39 is 11.7 Å². The third kappa shape index (κ3) is 3.08. The number of nitrogens with two attached hydrogens (primary N) is 1. The van der Waals surface area contributed by atoms with Gasteiger partial charge >= 0.3 is 0 Å². The van der Waals surface area contributed by atoms with Gasteiger partial charge in [0.25, 0.3) is 0 Å². The molecule has 0 aromatic heterocycles. The standard InChI is InChI=1S/C15H13ClFNO2/c1-20-14-5-2-9(7-15(18)19)6-11(14)10-3-4-13(17)12(16)8-10/h2-6,8H,7H2,1H3,(H2,18,19). The molecule has 0 radical (unpaired) electrons. The molecule has 2 rings (SSSR count). The summed E-state index contributed by atoms with van der Waals surface area (Å²) in [7, 11) is 1.54. The lowest BCUT2D eigenvalue weighted by Crippen LogP contribution is -2.13. The van der Waals surface area contributed by atoms with Crippen molar-refractivity contribution in [3.05, 3.63) is 52.8 Å². The van der Waals surface area contributed by atoms with Crippen LogP contribution in [0.3, 0.4) is 0 Å². The lowest BCUT2D eigenvalue weighted by Gasteiger charge is -2.11. The van der Waals surface area contributed by atoms with E-state index in [0.29, 0.717) is 11.3 Å². The van der Waals surface area contributed by atoms with E-state index in [1.54, 1.807) is 24.3 Å². The van der Waals surface area contributed by atoms with Gasteiger partial charge in [-0.2, -0.15) is 0 Å². The van der Waals surface area contributed by atoms with Gasteiger partial charge in [0.2, 0.25) is 5.91 Å². The summed E-state index contributed by atoms with van der Waals surface area (Å²) >= 11 is 5.79. The van der Waals surface area contributed by atoms with Crippen molar-refractivity contribution < 1.29 is 13.9 Å². The van der Waals surface area contributed by atoms with E-state index in [9.17, 15) is 9.18 Å². The van der Waals surface area contributed by atoms with Gasteiger partial charge in [-0.15, -0.1) is 0 Å². The molecule has 0 aliphatic heterocycles. The molecule has 20 heavy (non-hydrogen) atoms. The van der Waals surface area contributed by atoms with Crippen LogP contribution in [0.4, 0.5) is 4.39 Å². The first-order valence-electron chi connectivity index (χ1n) is 5.92. The minimum absolute atomic E-state index is 0.0323. The van der Waals surface area contributed by atoms with Crippen molar-refractivity contribution >= 4 is 17.5 Å². The monoisotopic (exact) mass is 293 g/mol. The van der Waals surface area contributed by atoms with Crippen LogP contribution in [0, 0.1) is 5.82 Å². The minimum Gasteiger partial charge on any atom is -0.496 e. The number of carbonyl (C=O) groups is 1. The van der Waals surface area contributed by atoms with Crippen molar-refractivity contribution in [1.82, 2.24) is 0 Å². The zero-order valence-corrected chi connectivity index (χ0v) is 11.6.